The van der Waals surface area contributed by atoms with Gasteiger partial charge in [-0.05, 0) is 42.1 Å². The van der Waals surface area contributed by atoms with Crippen LogP contribution in [0, 0.1) is 0 Å². The highest BCUT2D eigenvalue weighted by Gasteiger charge is 2.36. The molecule has 11 heteroatoms. The van der Waals surface area contributed by atoms with Crippen molar-refractivity contribution in [3.8, 4) is 5.75 Å². The van der Waals surface area contributed by atoms with E-state index < -0.39 is 31.0 Å². The number of primary amides is 1. The number of carbonyl (C=O) groups is 1. The van der Waals surface area contributed by atoms with Gasteiger partial charge in [0.05, 0.1) is 15.9 Å². The van der Waals surface area contributed by atoms with Gasteiger partial charge in [0.25, 0.3) is 5.91 Å². The molecular formula is C17H20N2O6S3. The Bertz CT molecular complexity index is 1030. The third-order valence-electron chi connectivity index (χ3n) is 4.40. The first-order chi connectivity index (χ1) is 13.2. The highest BCUT2D eigenvalue weighted by atomic mass is 32.2. The van der Waals surface area contributed by atoms with Crippen LogP contribution in [0.3, 0.4) is 0 Å². The zero-order valence-corrected chi connectivity index (χ0v) is 17.3. The van der Waals surface area contributed by atoms with Crippen molar-refractivity contribution in [1.82, 2.24) is 4.31 Å². The topological polar surface area (TPSA) is 124 Å². The molecule has 1 fully saturated rings. The largest absolute Gasteiger partial charge is 0.484 e. The third kappa shape index (κ3) is 4.54. The summed E-state index contributed by atoms with van der Waals surface area (Å²) in [6.07, 6.45) is 0.210. The molecule has 0 spiro atoms. The summed E-state index contributed by atoms with van der Waals surface area (Å²) in [5.41, 5.74) is 5.01. The average Bonchev–Trinajstić information content (AvgIpc) is 3.11. The average molecular weight is 445 g/mol. The fourth-order valence-corrected chi connectivity index (χ4v) is 7.54. The van der Waals surface area contributed by atoms with Crippen LogP contribution in [0.4, 0.5) is 0 Å². The minimum Gasteiger partial charge on any atom is -0.484 e. The molecule has 1 amide bonds. The van der Waals surface area contributed by atoms with Gasteiger partial charge >= 0.3 is 0 Å². The Labute approximate surface area is 167 Å². The van der Waals surface area contributed by atoms with Crippen molar-refractivity contribution in [3.63, 3.8) is 0 Å². The van der Waals surface area contributed by atoms with Crippen LogP contribution in [0.15, 0.2) is 46.7 Å². The SMILES string of the molecule is NC(=O)COc1ccc(S(=O)(=O)N2CCC(c3cccs3)S(=O)(=O)CC2)cc1. The van der Waals surface area contributed by atoms with E-state index in [0.717, 1.165) is 4.88 Å². The van der Waals surface area contributed by atoms with Crippen molar-refractivity contribution >= 4 is 37.1 Å². The predicted molar refractivity (Wildman–Crippen MR) is 105 cm³/mol. The molecule has 2 aromatic rings. The number of nitrogens with two attached hydrogens (primary N) is 1. The number of amides is 1. The van der Waals surface area contributed by atoms with Crippen LogP contribution in [0.25, 0.3) is 0 Å². The molecule has 1 unspecified atom stereocenters. The number of nitrogens with zero attached hydrogens (tertiary/aromatic N) is 1. The molecule has 0 bridgehead atoms. The predicted octanol–water partition coefficient (Wildman–Crippen LogP) is 1.16. The summed E-state index contributed by atoms with van der Waals surface area (Å²) in [4.78, 5) is 11.5. The number of sulfone groups is 1. The number of rotatable bonds is 6. The lowest BCUT2D eigenvalue weighted by Gasteiger charge is -2.19. The van der Waals surface area contributed by atoms with E-state index in [4.69, 9.17) is 10.5 Å². The maximum absolute atomic E-state index is 12.9. The van der Waals surface area contributed by atoms with E-state index in [0.29, 0.717) is 5.75 Å². The summed E-state index contributed by atoms with van der Waals surface area (Å²) in [6.45, 7) is -0.281. The van der Waals surface area contributed by atoms with Crippen LogP contribution in [-0.2, 0) is 24.7 Å². The highest BCUT2D eigenvalue weighted by molar-refractivity contribution is 7.92. The van der Waals surface area contributed by atoms with Crippen LogP contribution in [0.2, 0.25) is 0 Å². The minimum absolute atomic E-state index is 0.0332. The van der Waals surface area contributed by atoms with Gasteiger partial charge in [-0.2, -0.15) is 4.31 Å². The summed E-state index contributed by atoms with van der Waals surface area (Å²) in [5.74, 6) is -0.550. The first-order valence-corrected chi connectivity index (χ1v) is 12.5. The van der Waals surface area contributed by atoms with Crippen LogP contribution in [-0.4, -0.2) is 52.5 Å². The number of benzene rings is 1. The molecule has 1 aliphatic heterocycles. The third-order valence-corrected chi connectivity index (χ3v) is 9.56. The Kier molecular flexibility index (Phi) is 6.08. The lowest BCUT2D eigenvalue weighted by molar-refractivity contribution is -0.119. The normalized spacial score (nSPS) is 20.4. The second kappa shape index (κ2) is 8.19. The van der Waals surface area contributed by atoms with E-state index in [2.05, 4.69) is 0 Å². The first kappa shape index (κ1) is 20.8. The van der Waals surface area contributed by atoms with E-state index in [1.165, 1.54) is 39.9 Å². The van der Waals surface area contributed by atoms with E-state index in [1.54, 1.807) is 12.1 Å². The summed E-state index contributed by atoms with van der Waals surface area (Å²) >= 11 is 1.36. The van der Waals surface area contributed by atoms with E-state index in [-0.39, 0.29) is 36.8 Å². The zero-order valence-electron chi connectivity index (χ0n) is 14.9. The van der Waals surface area contributed by atoms with E-state index in [9.17, 15) is 21.6 Å². The van der Waals surface area contributed by atoms with Gasteiger partial charge in [0, 0.05) is 18.0 Å². The number of hydrogen-bond donors (Lipinski definition) is 1. The zero-order chi connectivity index (χ0) is 20.4. The van der Waals surface area contributed by atoms with Gasteiger partial charge in [0.15, 0.2) is 16.4 Å². The van der Waals surface area contributed by atoms with Gasteiger partial charge in [-0.1, -0.05) is 6.07 Å². The quantitative estimate of drug-likeness (QED) is 0.713. The molecule has 8 nitrogen and oxygen atoms in total. The summed E-state index contributed by atoms with van der Waals surface area (Å²) in [5, 5.41) is 1.13. The fraction of sp³-hybridized carbons (Fsp3) is 0.353. The molecule has 1 aromatic carbocycles. The summed E-state index contributed by atoms with van der Waals surface area (Å²) < 4.78 is 57.4. The first-order valence-electron chi connectivity index (χ1n) is 8.46. The van der Waals surface area contributed by atoms with Crippen molar-refractivity contribution in [3.05, 3.63) is 46.7 Å². The molecule has 1 aromatic heterocycles. The molecule has 3 rings (SSSR count). The maximum atomic E-state index is 12.9. The van der Waals surface area contributed by atoms with Crippen LogP contribution in [0.5, 0.6) is 5.75 Å². The summed E-state index contributed by atoms with van der Waals surface area (Å²) in [7, 11) is -7.29. The molecule has 152 valence electrons. The molecule has 0 radical (unpaired) electrons. The van der Waals surface area contributed by atoms with Gasteiger partial charge in [-0.25, -0.2) is 16.8 Å². The maximum Gasteiger partial charge on any atom is 0.255 e. The van der Waals surface area contributed by atoms with Crippen LogP contribution in [0.1, 0.15) is 16.5 Å². The standard InChI is InChI=1S/C17H20N2O6S3/c18-17(20)12-25-13-3-5-14(6-4-13)28(23,24)19-8-7-16(15-2-1-10-26-15)27(21,22)11-9-19/h1-6,10,16H,7-9,11-12H2,(H2,18,20). The lowest BCUT2D eigenvalue weighted by Crippen LogP contribution is -2.33. The fourth-order valence-electron chi connectivity index (χ4n) is 2.97. The molecule has 1 atom stereocenters. The highest BCUT2D eigenvalue weighted by Crippen LogP contribution is 2.33. The lowest BCUT2D eigenvalue weighted by atomic mass is 10.2. The molecule has 1 aliphatic rings. The number of thiophene rings is 1. The monoisotopic (exact) mass is 444 g/mol. The van der Waals surface area contributed by atoms with Gasteiger partial charge in [-0.15, -0.1) is 11.3 Å². The second-order valence-corrected chi connectivity index (χ2v) is 11.5. The van der Waals surface area contributed by atoms with Crippen molar-refractivity contribution in [1.29, 1.82) is 0 Å². The van der Waals surface area contributed by atoms with Crippen LogP contribution < -0.4 is 10.5 Å². The van der Waals surface area contributed by atoms with Crippen molar-refractivity contribution in [2.24, 2.45) is 5.73 Å². The Balaban J connectivity index is 1.78. The molecular weight excluding hydrogens is 424 g/mol. The van der Waals surface area contributed by atoms with Gasteiger partial charge in [0.2, 0.25) is 10.0 Å². The smallest absolute Gasteiger partial charge is 0.255 e. The molecule has 0 saturated carbocycles. The van der Waals surface area contributed by atoms with Gasteiger partial charge in [0.1, 0.15) is 5.75 Å². The van der Waals surface area contributed by atoms with E-state index in [1.807, 2.05) is 5.38 Å². The number of ether oxygens (including phenoxy) is 1. The molecule has 2 heterocycles. The van der Waals surface area contributed by atoms with Gasteiger partial charge < -0.3 is 10.5 Å². The Morgan fingerprint density at radius 2 is 1.93 bits per heavy atom. The van der Waals surface area contributed by atoms with Crippen LogP contribution >= 0.6 is 11.3 Å². The second-order valence-electron chi connectivity index (χ2n) is 6.29. The number of carbonyl (C=O) groups excluding carboxylic acids is 1. The number of sulfonamides is 1. The van der Waals surface area contributed by atoms with Crippen molar-refractivity contribution in [2.75, 3.05) is 25.4 Å². The molecule has 1 saturated heterocycles. The molecule has 0 aliphatic carbocycles. The molecule has 28 heavy (non-hydrogen) atoms. The summed E-state index contributed by atoms with van der Waals surface area (Å²) in [6, 6.07) is 9.14. The minimum atomic E-state index is -3.85. The van der Waals surface area contributed by atoms with E-state index >= 15 is 0 Å². The Morgan fingerprint density at radius 1 is 1.21 bits per heavy atom. The number of hydrogen-bond acceptors (Lipinski definition) is 7. The van der Waals surface area contributed by atoms with Crippen molar-refractivity contribution in [2.45, 2.75) is 16.6 Å². The van der Waals surface area contributed by atoms with Crippen molar-refractivity contribution < 1.29 is 26.4 Å². The Morgan fingerprint density at radius 3 is 2.54 bits per heavy atom. The van der Waals surface area contributed by atoms with Gasteiger partial charge in [-0.3, -0.25) is 4.79 Å². The Hall–Kier alpha value is -1.95. The molecule has 2 N–H and O–H groups in total.